The molecule has 2 aromatic heterocycles. The van der Waals surface area contributed by atoms with E-state index in [9.17, 15) is 0 Å². The molecular formula is C11H13N3O. The van der Waals surface area contributed by atoms with Crippen LogP contribution in [0.4, 0.5) is 5.95 Å². The normalized spacial score (nSPS) is 10.3. The molecule has 2 heterocycles. The number of hydrogen-bond donors (Lipinski definition) is 1. The molecule has 2 rings (SSSR count). The van der Waals surface area contributed by atoms with Crippen LogP contribution >= 0.6 is 0 Å². The van der Waals surface area contributed by atoms with Crippen molar-refractivity contribution >= 4 is 5.95 Å². The van der Waals surface area contributed by atoms with Crippen molar-refractivity contribution in [2.75, 3.05) is 11.9 Å². The zero-order chi connectivity index (χ0) is 10.7. The smallest absolute Gasteiger partial charge is 0.223 e. The highest BCUT2D eigenvalue weighted by molar-refractivity contribution is 5.62. The lowest BCUT2D eigenvalue weighted by molar-refractivity contribution is 0.568. The highest BCUT2D eigenvalue weighted by atomic mass is 16.3. The first kappa shape index (κ1) is 9.71. The summed E-state index contributed by atoms with van der Waals surface area (Å²) in [5.41, 5.74) is 2.93. The Labute approximate surface area is 88.4 Å². The van der Waals surface area contributed by atoms with Gasteiger partial charge >= 0.3 is 0 Å². The molecule has 0 radical (unpaired) electrons. The lowest BCUT2D eigenvalue weighted by Crippen LogP contribution is -2.03. The fourth-order valence-corrected chi connectivity index (χ4v) is 1.38. The predicted molar refractivity (Wildman–Crippen MR) is 58.6 cm³/mol. The predicted octanol–water partition coefficient (Wildman–Crippen LogP) is 2.48. The molecule has 78 valence electrons. The zero-order valence-electron chi connectivity index (χ0n) is 8.82. The molecule has 0 saturated heterocycles. The quantitative estimate of drug-likeness (QED) is 0.832. The molecule has 0 atom stereocenters. The third-order valence-corrected chi connectivity index (χ3v) is 2.10. The van der Waals surface area contributed by atoms with Crippen LogP contribution in [-0.4, -0.2) is 16.5 Å². The standard InChI is InChI=1S/C11H13N3O/c1-3-12-11-13-6-8(2)10(14-11)9-4-5-15-7-9/h4-7H,3H2,1-2H3,(H,12,13,14). The van der Waals surface area contributed by atoms with Gasteiger partial charge in [-0.1, -0.05) is 0 Å². The zero-order valence-corrected chi connectivity index (χ0v) is 8.82. The third-order valence-electron chi connectivity index (χ3n) is 2.10. The molecule has 0 amide bonds. The maximum Gasteiger partial charge on any atom is 0.223 e. The highest BCUT2D eigenvalue weighted by Crippen LogP contribution is 2.21. The molecule has 0 fully saturated rings. The fourth-order valence-electron chi connectivity index (χ4n) is 1.38. The van der Waals surface area contributed by atoms with Crippen LogP contribution in [0.5, 0.6) is 0 Å². The van der Waals surface area contributed by atoms with Gasteiger partial charge in [-0.2, -0.15) is 0 Å². The average molecular weight is 203 g/mol. The van der Waals surface area contributed by atoms with E-state index in [1.54, 1.807) is 12.5 Å². The minimum Gasteiger partial charge on any atom is -0.472 e. The van der Waals surface area contributed by atoms with Gasteiger partial charge in [-0.25, -0.2) is 9.97 Å². The first-order valence-corrected chi connectivity index (χ1v) is 4.91. The lowest BCUT2D eigenvalue weighted by Gasteiger charge is -2.05. The Morgan fingerprint density at radius 2 is 2.33 bits per heavy atom. The van der Waals surface area contributed by atoms with Gasteiger partial charge in [0.2, 0.25) is 5.95 Å². The van der Waals surface area contributed by atoms with Crippen molar-refractivity contribution < 1.29 is 4.42 Å². The molecule has 4 nitrogen and oxygen atoms in total. The second-order valence-electron chi connectivity index (χ2n) is 3.27. The average Bonchev–Trinajstić information content (AvgIpc) is 2.74. The van der Waals surface area contributed by atoms with Gasteiger partial charge in [0.05, 0.1) is 18.2 Å². The van der Waals surface area contributed by atoms with Gasteiger partial charge in [-0.15, -0.1) is 0 Å². The van der Waals surface area contributed by atoms with Crippen LogP contribution in [-0.2, 0) is 0 Å². The number of nitrogens with zero attached hydrogens (tertiary/aromatic N) is 2. The van der Waals surface area contributed by atoms with Gasteiger partial charge < -0.3 is 9.73 Å². The fraction of sp³-hybridized carbons (Fsp3) is 0.273. The van der Waals surface area contributed by atoms with E-state index in [0.717, 1.165) is 23.4 Å². The van der Waals surface area contributed by atoms with Crippen LogP contribution in [0.25, 0.3) is 11.3 Å². The van der Waals surface area contributed by atoms with Gasteiger partial charge in [-0.3, -0.25) is 0 Å². The largest absolute Gasteiger partial charge is 0.472 e. The molecule has 0 aliphatic heterocycles. The molecule has 4 heteroatoms. The Hall–Kier alpha value is -1.84. The Morgan fingerprint density at radius 1 is 1.47 bits per heavy atom. The van der Waals surface area contributed by atoms with Crippen LogP contribution < -0.4 is 5.32 Å². The van der Waals surface area contributed by atoms with E-state index < -0.39 is 0 Å². The van der Waals surface area contributed by atoms with E-state index in [1.165, 1.54) is 0 Å². The molecule has 0 unspecified atom stereocenters. The number of nitrogens with one attached hydrogen (secondary N) is 1. The number of furan rings is 1. The van der Waals surface area contributed by atoms with E-state index in [1.807, 2.05) is 26.1 Å². The summed E-state index contributed by atoms with van der Waals surface area (Å²) in [6.07, 6.45) is 5.14. The van der Waals surface area contributed by atoms with Gasteiger partial charge in [0.1, 0.15) is 0 Å². The molecule has 0 aromatic carbocycles. The van der Waals surface area contributed by atoms with E-state index in [0.29, 0.717) is 5.95 Å². The minimum atomic E-state index is 0.652. The van der Waals surface area contributed by atoms with Gasteiger partial charge in [0, 0.05) is 18.3 Å². The van der Waals surface area contributed by atoms with E-state index in [2.05, 4.69) is 15.3 Å². The number of aromatic nitrogens is 2. The van der Waals surface area contributed by atoms with Crippen molar-refractivity contribution in [1.82, 2.24) is 9.97 Å². The minimum absolute atomic E-state index is 0.652. The van der Waals surface area contributed by atoms with E-state index >= 15 is 0 Å². The number of hydrogen-bond acceptors (Lipinski definition) is 4. The summed E-state index contributed by atoms with van der Waals surface area (Å²) in [7, 11) is 0. The summed E-state index contributed by atoms with van der Waals surface area (Å²) in [6, 6.07) is 1.89. The van der Waals surface area contributed by atoms with E-state index in [-0.39, 0.29) is 0 Å². The van der Waals surface area contributed by atoms with Crippen molar-refractivity contribution in [2.24, 2.45) is 0 Å². The maximum atomic E-state index is 5.04. The summed E-state index contributed by atoms with van der Waals surface area (Å²) >= 11 is 0. The van der Waals surface area contributed by atoms with Crippen LogP contribution in [0.2, 0.25) is 0 Å². The van der Waals surface area contributed by atoms with E-state index in [4.69, 9.17) is 4.42 Å². The summed E-state index contributed by atoms with van der Waals surface area (Å²) in [6.45, 7) is 4.81. The van der Waals surface area contributed by atoms with Crippen molar-refractivity contribution in [1.29, 1.82) is 0 Å². The summed E-state index contributed by atoms with van der Waals surface area (Å²) in [4.78, 5) is 8.61. The van der Waals surface area contributed by atoms with Crippen LogP contribution in [0.15, 0.2) is 29.2 Å². The summed E-state index contributed by atoms with van der Waals surface area (Å²) < 4.78 is 5.04. The monoisotopic (exact) mass is 203 g/mol. The molecule has 0 bridgehead atoms. The van der Waals surface area contributed by atoms with Crippen molar-refractivity contribution in [3.8, 4) is 11.3 Å². The van der Waals surface area contributed by atoms with Gasteiger partial charge in [0.25, 0.3) is 0 Å². The van der Waals surface area contributed by atoms with Crippen LogP contribution in [0.1, 0.15) is 12.5 Å². The lowest BCUT2D eigenvalue weighted by atomic mass is 10.1. The van der Waals surface area contributed by atoms with Gasteiger partial charge in [0.15, 0.2) is 0 Å². The molecule has 2 aromatic rings. The Balaban J connectivity index is 2.41. The maximum absolute atomic E-state index is 5.04. The van der Waals surface area contributed by atoms with Crippen LogP contribution in [0, 0.1) is 6.92 Å². The molecule has 0 aliphatic carbocycles. The van der Waals surface area contributed by atoms with Crippen molar-refractivity contribution in [3.63, 3.8) is 0 Å². The molecule has 1 N–H and O–H groups in total. The number of rotatable bonds is 3. The van der Waals surface area contributed by atoms with Crippen molar-refractivity contribution in [2.45, 2.75) is 13.8 Å². The second kappa shape index (κ2) is 4.13. The van der Waals surface area contributed by atoms with Gasteiger partial charge in [-0.05, 0) is 25.5 Å². The SMILES string of the molecule is CCNc1ncc(C)c(-c2ccoc2)n1. The van der Waals surface area contributed by atoms with Crippen LogP contribution in [0.3, 0.4) is 0 Å². The molecule has 0 saturated carbocycles. The molecular weight excluding hydrogens is 190 g/mol. The number of anilines is 1. The Bertz CT molecular complexity index is 437. The number of aryl methyl sites for hydroxylation is 1. The first-order valence-electron chi connectivity index (χ1n) is 4.91. The molecule has 15 heavy (non-hydrogen) atoms. The molecule has 0 spiro atoms. The first-order chi connectivity index (χ1) is 7.31. The van der Waals surface area contributed by atoms with Crippen molar-refractivity contribution in [3.05, 3.63) is 30.4 Å². The molecule has 0 aliphatic rings. The summed E-state index contributed by atoms with van der Waals surface area (Å²) in [5.74, 6) is 0.652. The Kier molecular flexibility index (Phi) is 2.67. The summed E-state index contributed by atoms with van der Waals surface area (Å²) in [5, 5.41) is 3.08. The third kappa shape index (κ3) is 1.98. The second-order valence-corrected chi connectivity index (χ2v) is 3.27. The Morgan fingerprint density at radius 3 is 3.00 bits per heavy atom. The highest BCUT2D eigenvalue weighted by Gasteiger charge is 2.06. The topological polar surface area (TPSA) is 51.0 Å².